The van der Waals surface area contributed by atoms with Gasteiger partial charge in [0.05, 0.1) is 6.26 Å². The van der Waals surface area contributed by atoms with Crippen LogP contribution in [0.2, 0.25) is 0 Å². The summed E-state index contributed by atoms with van der Waals surface area (Å²) in [6, 6.07) is 1.24. The molecule has 0 saturated heterocycles. The van der Waals surface area contributed by atoms with Gasteiger partial charge in [-0.2, -0.15) is 0 Å². The Kier molecular flexibility index (Phi) is 2.63. The SMILES string of the molecule is Cc1sc(N)nc1-c1occc1P(=O)(O)O. The lowest BCUT2D eigenvalue weighted by Crippen LogP contribution is -2.04. The van der Waals surface area contributed by atoms with E-state index in [1.54, 1.807) is 6.92 Å². The molecule has 0 unspecified atom stereocenters. The quantitative estimate of drug-likeness (QED) is 0.697. The van der Waals surface area contributed by atoms with Gasteiger partial charge in [0.25, 0.3) is 0 Å². The molecular formula is C8H9N2O4PS. The van der Waals surface area contributed by atoms with Crippen LogP contribution in [-0.2, 0) is 4.57 Å². The van der Waals surface area contributed by atoms with Crippen LogP contribution in [0.1, 0.15) is 4.88 Å². The second kappa shape index (κ2) is 3.71. The maximum atomic E-state index is 11.2. The number of hydrogen-bond donors (Lipinski definition) is 3. The molecular weight excluding hydrogens is 251 g/mol. The Labute approximate surface area is 94.9 Å². The van der Waals surface area contributed by atoms with Crippen LogP contribution in [0.25, 0.3) is 11.5 Å². The van der Waals surface area contributed by atoms with Gasteiger partial charge in [-0.3, -0.25) is 4.57 Å². The van der Waals surface area contributed by atoms with Crippen LogP contribution < -0.4 is 11.0 Å². The van der Waals surface area contributed by atoms with E-state index in [4.69, 9.17) is 19.9 Å². The molecule has 2 heterocycles. The molecule has 0 aromatic carbocycles. The first-order valence-electron chi connectivity index (χ1n) is 4.26. The summed E-state index contributed by atoms with van der Waals surface area (Å²) in [6.07, 6.45) is 1.22. The maximum Gasteiger partial charge on any atom is 0.360 e. The zero-order chi connectivity index (χ0) is 11.9. The predicted molar refractivity (Wildman–Crippen MR) is 60.6 cm³/mol. The molecule has 0 aliphatic rings. The van der Waals surface area contributed by atoms with Crippen LogP contribution in [0.3, 0.4) is 0 Å². The lowest BCUT2D eigenvalue weighted by molar-refractivity contribution is 0.387. The van der Waals surface area contributed by atoms with Gasteiger partial charge < -0.3 is 19.9 Å². The number of anilines is 1. The summed E-state index contributed by atoms with van der Waals surface area (Å²) in [5.74, 6) is 0.0822. The van der Waals surface area contributed by atoms with E-state index in [1.807, 2.05) is 0 Å². The molecule has 0 saturated carbocycles. The van der Waals surface area contributed by atoms with Gasteiger partial charge in [0, 0.05) is 4.88 Å². The van der Waals surface area contributed by atoms with Crippen molar-refractivity contribution in [1.29, 1.82) is 0 Å². The topological polar surface area (TPSA) is 110 Å². The van der Waals surface area contributed by atoms with Crippen molar-refractivity contribution in [3.63, 3.8) is 0 Å². The van der Waals surface area contributed by atoms with Gasteiger partial charge in [-0.1, -0.05) is 0 Å². The molecule has 8 heteroatoms. The van der Waals surface area contributed by atoms with Crippen molar-refractivity contribution in [2.75, 3.05) is 5.73 Å². The third-order valence-electron chi connectivity index (χ3n) is 1.99. The molecule has 0 bridgehead atoms. The van der Waals surface area contributed by atoms with E-state index in [0.717, 1.165) is 4.88 Å². The Morgan fingerprint density at radius 3 is 2.75 bits per heavy atom. The number of furan rings is 1. The molecule has 6 nitrogen and oxygen atoms in total. The Morgan fingerprint density at radius 1 is 1.56 bits per heavy atom. The third kappa shape index (κ3) is 1.90. The number of rotatable bonds is 2. The van der Waals surface area contributed by atoms with Crippen molar-refractivity contribution in [2.24, 2.45) is 0 Å². The Hall–Kier alpha value is -1.14. The van der Waals surface area contributed by atoms with Gasteiger partial charge in [0.15, 0.2) is 10.9 Å². The number of nitrogen functional groups attached to an aromatic ring is 1. The van der Waals surface area contributed by atoms with Crippen LogP contribution in [0.5, 0.6) is 0 Å². The van der Waals surface area contributed by atoms with Gasteiger partial charge in [0.2, 0.25) is 0 Å². The molecule has 4 N–H and O–H groups in total. The third-order valence-corrected chi connectivity index (χ3v) is 3.77. The van der Waals surface area contributed by atoms with Crippen molar-refractivity contribution < 1.29 is 18.8 Å². The number of nitrogens with two attached hydrogens (primary N) is 1. The monoisotopic (exact) mass is 260 g/mol. The molecule has 2 aromatic rings. The average molecular weight is 260 g/mol. The zero-order valence-electron chi connectivity index (χ0n) is 8.25. The fourth-order valence-electron chi connectivity index (χ4n) is 1.34. The van der Waals surface area contributed by atoms with E-state index in [2.05, 4.69) is 4.98 Å². The van der Waals surface area contributed by atoms with Crippen LogP contribution in [-0.4, -0.2) is 14.8 Å². The smallest absolute Gasteiger partial charge is 0.360 e. The van der Waals surface area contributed by atoms with Crippen molar-refractivity contribution in [1.82, 2.24) is 4.98 Å². The van der Waals surface area contributed by atoms with Crippen LogP contribution in [0, 0.1) is 6.92 Å². The Bertz CT molecular complexity index is 570. The Morgan fingerprint density at radius 2 is 2.25 bits per heavy atom. The summed E-state index contributed by atoms with van der Waals surface area (Å²) in [6.45, 7) is 1.76. The van der Waals surface area contributed by atoms with Gasteiger partial charge in [-0.15, -0.1) is 11.3 Å². The average Bonchev–Trinajstić information content (AvgIpc) is 2.69. The fraction of sp³-hybridized carbons (Fsp3) is 0.125. The molecule has 16 heavy (non-hydrogen) atoms. The minimum Gasteiger partial charge on any atom is -0.462 e. The molecule has 0 spiro atoms. The predicted octanol–water partition coefficient (Wildman–Crippen LogP) is 1.10. The molecule has 86 valence electrons. The van der Waals surface area contributed by atoms with Gasteiger partial charge in [-0.25, -0.2) is 4.98 Å². The fourth-order valence-corrected chi connectivity index (χ4v) is 2.70. The highest BCUT2D eigenvalue weighted by Crippen LogP contribution is 2.39. The summed E-state index contributed by atoms with van der Waals surface area (Å²) >= 11 is 1.24. The van der Waals surface area contributed by atoms with Crippen molar-refractivity contribution in [3.8, 4) is 11.5 Å². The van der Waals surface area contributed by atoms with E-state index in [1.165, 1.54) is 23.7 Å². The van der Waals surface area contributed by atoms with E-state index in [-0.39, 0.29) is 11.1 Å². The summed E-state index contributed by atoms with van der Waals surface area (Å²) in [7, 11) is -4.35. The minimum atomic E-state index is -4.35. The highest BCUT2D eigenvalue weighted by Gasteiger charge is 2.27. The Balaban J connectivity index is 2.62. The van der Waals surface area contributed by atoms with E-state index in [0.29, 0.717) is 10.8 Å². The van der Waals surface area contributed by atoms with Gasteiger partial charge in [0.1, 0.15) is 11.0 Å². The second-order valence-corrected chi connectivity index (χ2v) is 5.94. The van der Waals surface area contributed by atoms with Gasteiger partial charge >= 0.3 is 7.60 Å². The van der Waals surface area contributed by atoms with Crippen molar-refractivity contribution in [2.45, 2.75) is 6.92 Å². The summed E-state index contributed by atoms with van der Waals surface area (Å²) in [5.41, 5.74) is 5.90. The largest absolute Gasteiger partial charge is 0.462 e. The van der Waals surface area contributed by atoms with Crippen molar-refractivity contribution >= 4 is 29.4 Å². The van der Waals surface area contributed by atoms with Crippen LogP contribution >= 0.6 is 18.9 Å². The first-order valence-corrected chi connectivity index (χ1v) is 6.69. The molecule has 0 fully saturated rings. The first kappa shape index (κ1) is 11.3. The number of nitrogens with zero attached hydrogens (tertiary/aromatic N) is 1. The highest BCUT2D eigenvalue weighted by atomic mass is 32.1. The molecule has 0 atom stereocenters. The molecule has 0 amide bonds. The first-order chi connectivity index (χ1) is 7.39. The van der Waals surface area contributed by atoms with Crippen LogP contribution in [0.15, 0.2) is 16.7 Å². The highest BCUT2D eigenvalue weighted by molar-refractivity contribution is 7.60. The number of aromatic nitrogens is 1. The summed E-state index contributed by atoms with van der Waals surface area (Å²) in [4.78, 5) is 23.0. The number of hydrogen-bond acceptors (Lipinski definition) is 5. The minimum absolute atomic E-state index is 0.0822. The molecule has 2 rings (SSSR count). The molecule has 0 aliphatic carbocycles. The lowest BCUT2D eigenvalue weighted by Gasteiger charge is -2.02. The van der Waals surface area contributed by atoms with E-state index >= 15 is 0 Å². The zero-order valence-corrected chi connectivity index (χ0v) is 9.96. The standard InChI is InChI=1S/C8H9N2O4PS/c1-4-6(10-8(9)16-4)7-5(2-3-14-7)15(11,12)13/h2-3H,1H3,(H2,9,10)(H2,11,12,13). The molecule has 2 aromatic heterocycles. The lowest BCUT2D eigenvalue weighted by atomic mass is 10.3. The summed E-state index contributed by atoms with van der Waals surface area (Å²) < 4.78 is 16.3. The van der Waals surface area contributed by atoms with Gasteiger partial charge in [-0.05, 0) is 13.0 Å². The summed E-state index contributed by atoms with van der Waals surface area (Å²) in [5, 5.41) is 0.168. The number of thiazole rings is 1. The normalized spacial score (nSPS) is 11.9. The maximum absolute atomic E-state index is 11.2. The van der Waals surface area contributed by atoms with E-state index < -0.39 is 7.60 Å². The van der Waals surface area contributed by atoms with Crippen LogP contribution in [0.4, 0.5) is 5.13 Å². The second-order valence-electron chi connectivity index (χ2n) is 3.14. The molecule has 0 radical (unpaired) electrons. The number of aryl methyl sites for hydroxylation is 1. The van der Waals surface area contributed by atoms with Crippen molar-refractivity contribution in [3.05, 3.63) is 17.2 Å². The van der Waals surface area contributed by atoms with E-state index in [9.17, 15) is 4.57 Å². The molecule has 0 aliphatic heterocycles.